The van der Waals surface area contributed by atoms with Crippen molar-refractivity contribution in [1.29, 1.82) is 0 Å². The van der Waals surface area contributed by atoms with E-state index in [9.17, 15) is 5.11 Å². The zero-order chi connectivity index (χ0) is 13.4. The van der Waals surface area contributed by atoms with Crippen LogP contribution in [0.4, 0.5) is 0 Å². The predicted octanol–water partition coefficient (Wildman–Crippen LogP) is 6.33. The van der Waals surface area contributed by atoms with Crippen molar-refractivity contribution in [3.8, 4) is 16.9 Å². The lowest BCUT2D eigenvalue weighted by atomic mass is 10.1. The summed E-state index contributed by atoms with van der Waals surface area (Å²) in [4.78, 5) is 0. The SMILES string of the molecule is Oc1cc(-c2ccc(Cl)c(Cl)c2Cl)cc(Cl)c1Cl. The molecule has 18 heavy (non-hydrogen) atoms. The number of benzene rings is 2. The molecule has 0 aliphatic rings. The van der Waals surface area contributed by atoms with E-state index in [-0.39, 0.29) is 20.8 Å². The van der Waals surface area contributed by atoms with Crippen LogP contribution in [0.25, 0.3) is 11.1 Å². The van der Waals surface area contributed by atoms with Crippen molar-refractivity contribution >= 4 is 58.0 Å². The maximum atomic E-state index is 9.64. The number of rotatable bonds is 1. The van der Waals surface area contributed by atoms with Crippen molar-refractivity contribution in [2.75, 3.05) is 0 Å². The highest BCUT2D eigenvalue weighted by molar-refractivity contribution is 6.49. The van der Waals surface area contributed by atoms with Gasteiger partial charge in [0, 0.05) is 5.56 Å². The lowest BCUT2D eigenvalue weighted by Gasteiger charge is -2.09. The van der Waals surface area contributed by atoms with Crippen LogP contribution in [0.3, 0.4) is 0 Å². The van der Waals surface area contributed by atoms with E-state index in [1.54, 1.807) is 18.2 Å². The number of phenolic OH excluding ortho intramolecular Hbond substituents is 1. The van der Waals surface area contributed by atoms with Crippen molar-refractivity contribution < 1.29 is 5.11 Å². The van der Waals surface area contributed by atoms with Crippen LogP contribution in [0.1, 0.15) is 0 Å². The lowest BCUT2D eigenvalue weighted by Crippen LogP contribution is -1.83. The van der Waals surface area contributed by atoms with Crippen LogP contribution in [0, 0.1) is 0 Å². The van der Waals surface area contributed by atoms with Crippen molar-refractivity contribution in [3.05, 3.63) is 49.4 Å². The quantitative estimate of drug-likeness (QED) is 0.601. The Kier molecular flexibility index (Phi) is 4.20. The summed E-state index contributed by atoms with van der Waals surface area (Å²) in [5.74, 6) is -0.124. The van der Waals surface area contributed by atoms with Gasteiger partial charge < -0.3 is 5.11 Å². The third-order valence-corrected chi connectivity index (χ3v) is 4.44. The van der Waals surface area contributed by atoms with Gasteiger partial charge >= 0.3 is 0 Å². The fraction of sp³-hybridized carbons (Fsp3) is 0. The zero-order valence-electron chi connectivity index (χ0n) is 8.65. The highest BCUT2D eigenvalue weighted by Crippen LogP contribution is 2.41. The van der Waals surface area contributed by atoms with Crippen LogP contribution in [-0.2, 0) is 0 Å². The van der Waals surface area contributed by atoms with E-state index >= 15 is 0 Å². The van der Waals surface area contributed by atoms with Gasteiger partial charge in [-0.3, -0.25) is 0 Å². The second-order valence-electron chi connectivity index (χ2n) is 3.51. The minimum atomic E-state index is -0.124. The number of phenols is 1. The topological polar surface area (TPSA) is 20.2 Å². The molecule has 0 heterocycles. The van der Waals surface area contributed by atoms with Crippen molar-refractivity contribution in [2.45, 2.75) is 0 Å². The highest BCUT2D eigenvalue weighted by atomic mass is 35.5. The van der Waals surface area contributed by atoms with Gasteiger partial charge in [0.2, 0.25) is 0 Å². The zero-order valence-corrected chi connectivity index (χ0v) is 12.4. The summed E-state index contributed by atoms with van der Waals surface area (Å²) >= 11 is 29.6. The fourth-order valence-electron chi connectivity index (χ4n) is 1.48. The smallest absolute Gasteiger partial charge is 0.136 e. The van der Waals surface area contributed by atoms with Gasteiger partial charge in [0.05, 0.1) is 20.1 Å². The molecule has 0 aromatic heterocycles. The molecule has 6 heteroatoms. The maximum Gasteiger partial charge on any atom is 0.136 e. The largest absolute Gasteiger partial charge is 0.506 e. The third-order valence-electron chi connectivity index (χ3n) is 2.36. The molecule has 0 bridgehead atoms. The second-order valence-corrected chi connectivity index (χ2v) is 5.46. The minimum absolute atomic E-state index is 0.0941. The average molecular weight is 342 g/mol. The van der Waals surface area contributed by atoms with Crippen molar-refractivity contribution in [3.63, 3.8) is 0 Å². The predicted molar refractivity (Wildman–Crippen MR) is 78.6 cm³/mol. The van der Waals surface area contributed by atoms with E-state index in [2.05, 4.69) is 0 Å². The van der Waals surface area contributed by atoms with Gasteiger partial charge in [-0.15, -0.1) is 0 Å². The first-order valence-electron chi connectivity index (χ1n) is 4.73. The normalized spacial score (nSPS) is 10.7. The molecule has 2 aromatic rings. The summed E-state index contributed by atoms with van der Waals surface area (Å²) in [5.41, 5.74) is 1.21. The van der Waals surface area contributed by atoms with E-state index in [0.29, 0.717) is 21.2 Å². The van der Waals surface area contributed by atoms with Crippen LogP contribution < -0.4 is 0 Å². The summed E-state index contributed by atoms with van der Waals surface area (Å²) < 4.78 is 0. The summed E-state index contributed by atoms with van der Waals surface area (Å²) in [5, 5.41) is 10.9. The molecule has 0 aliphatic heterocycles. The summed E-state index contributed by atoms with van der Waals surface area (Å²) in [6.45, 7) is 0. The minimum Gasteiger partial charge on any atom is -0.506 e. The van der Waals surface area contributed by atoms with E-state index in [1.165, 1.54) is 6.07 Å². The van der Waals surface area contributed by atoms with Gasteiger partial charge in [0.15, 0.2) is 0 Å². The van der Waals surface area contributed by atoms with Crippen LogP contribution in [0.2, 0.25) is 25.1 Å². The summed E-state index contributed by atoms with van der Waals surface area (Å²) in [7, 11) is 0. The molecule has 2 aromatic carbocycles. The molecule has 0 saturated carbocycles. The lowest BCUT2D eigenvalue weighted by molar-refractivity contribution is 0.476. The molecular formula is C12H5Cl5O. The molecular weight excluding hydrogens is 337 g/mol. The van der Waals surface area contributed by atoms with Crippen LogP contribution in [0.15, 0.2) is 24.3 Å². The van der Waals surface area contributed by atoms with E-state index in [4.69, 9.17) is 58.0 Å². The van der Waals surface area contributed by atoms with Gasteiger partial charge in [-0.05, 0) is 23.8 Å². The van der Waals surface area contributed by atoms with Crippen LogP contribution in [0.5, 0.6) is 5.75 Å². The molecule has 0 spiro atoms. The molecule has 0 atom stereocenters. The summed E-state index contributed by atoms with van der Waals surface area (Å²) in [6, 6.07) is 6.36. The van der Waals surface area contributed by atoms with E-state index in [1.807, 2.05) is 0 Å². The third kappa shape index (κ3) is 2.52. The molecule has 1 nitrogen and oxygen atoms in total. The van der Waals surface area contributed by atoms with Gasteiger partial charge in [0.1, 0.15) is 10.8 Å². The molecule has 94 valence electrons. The maximum absolute atomic E-state index is 9.64. The van der Waals surface area contributed by atoms with Gasteiger partial charge in [0.25, 0.3) is 0 Å². The first-order chi connectivity index (χ1) is 8.41. The Bertz CT molecular complexity index is 601. The number of halogens is 5. The average Bonchev–Trinajstić information content (AvgIpc) is 2.33. The fourth-order valence-corrected chi connectivity index (χ4v) is 2.45. The standard InChI is InChI=1S/C12H5Cl5O/c13-7-2-1-6(10(15)12(7)17)5-3-8(14)11(16)9(18)4-5/h1-4,18H. The Morgan fingerprint density at radius 1 is 0.722 bits per heavy atom. The molecule has 1 N–H and O–H groups in total. The molecule has 0 radical (unpaired) electrons. The summed E-state index contributed by atoms with van der Waals surface area (Å²) in [6.07, 6.45) is 0. The van der Waals surface area contributed by atoms with Crippen LogP contribution in [-0.4, -0.2) is 5.11 Å². The number of aromatic hydroxyl groups is 1. The van der Waals surface area contributed by atoms with Gasteiger partial charge in [-0.2, -0.15) is 0 Å². The molecule has 0 unspecified atom stereocenters. The molecule has 0 aliphatic carbocycles. The number of hydrogen-bond acceptors (Lipinski definition) is 1. The first-order valence-corrected chi connectivity index (χ1v) is 6.62. The van der Waals surface area contributed by atoms with Gasteiger partial charge in [-0.25, -0.2) is 0 Å². The molecule has 0 amide bonds. The number of hydrogen-bond donors (Lipinski definition) is 1. The highest BCUT2D eigenvalue weighted by Gasteiger charge is 2.13. The van der Waals surface area contributed by atoms with Crippen LogP contribution >= 0.6 is 58.0 Å². The van der Waals surface area contributed by atoms with Crippen molar-refractivity contribution in [2.24, 2.45) is 0 Å². The Morgan fingerprint density at radius 2 is 1.39 bits per heavy atom. The second kappa shape index (κ2) is 5.36. The Labute approximate surface area is 129 Å². The van der Waals surface area contributed by atoms with Gasteiger partial charge in [-0.1, -0.05) is 64.1 Å². The first kappa shape index (κ1) is 14.1. The van der Waals surface area contributed by atoms with Crippen molar-refractivity contribution in [1.82, 2.24) is 0 Å². The van der Waals surface area contributed by atoms with E-state index < -0.39 is 0 Å². The molecule has 0 saturated heterocycles. The monoisotopic (exact) mass is 340 g/mol. The Balaban J connectivity index is 2.67. The molecule has 0 fully saturated rings. The Morgan fingerprint density at radius 3 is 2.00 bits per heavy atom. The van der Waals surface area contributed by atoms with E-state index in [0.717, 1.165) is 0 Å². The molecule has 2 rings (SSSR count). The Hall–Kier alpha value is -0.310.